The molecular formula is C19H18N2O2S. The van der Waals surface area contributed by atoms with Crippen LogP contribution in [0.5, 0.6) is 5.75 Å². The summed E-state index contributed by atoms with van der Waals surface area (Å²) in [7, 11) is 0. The van der Waals surface area contributed by atoms with Gasteiger partial charge in [0.2, 0.25) is 0 Å². The van der Waals surface area contributed by atoms with Crippen LogP contribution in [0.25, 0.3) is 6.08 Å². The van der Waals surface area contributed by atoms with Crippen molar-refractivity contribution in [2.45, 2.75) is 13.5 Å². The zero-order valence-electron chi connectivity index (χ0n) is 13.4. The predicted molar refractivity (Wildman–Crippen MR) is 98.3 cm³/mol. The summed E-state index contributed by atoms with van der Waals surface area (Å²) < 4.78 is 5.76. The SMILES string of the molecule is CCN1C(=O)/C(=C/c2ccc(OCc3ccccc3)cc2)NC1=S. The van der Waals surface area contributed by atoms with E-state index in [0.29, 0.717) is 24.0 Å². The summed E-state index contributed by atoms with van der Waals surface area (Å²) in [5.74, 6) is 0.698. The van der Waals surface area contributed by atoms with Gasteiger partial charge in [-0.25, -0.2) is 0 Å². The number of ether oxygens (including phenoxy) is 1. The van der Waals surface area contributed by atoms with Crippen molar-refractivity contribution in [3.05, 3.63) is 71.4 Å². The second-order valence-electron chi connectivity index (χ2n) is 5.38. The first-order valence-electron chi connectivity index (χ1n) is 7.78. The fourth-order valence-corrected chi connectivity index (χ4v) is 2.75. The quantitative estimate of drug-likeness (QED) is 0.671. The molecule has 0 bridgehead atoms. The van der Waals surface area contributed by atoms with Crippen molar-refractivity contribution in [3.8, 4) is 5.75 Å². The third-order valence-electron chi connectivity index (χ3n) is 3.72. The maximum atomic E-state index is 12.2. The van der Waals surface area contributed by atoms with E-state index in [1.54, 1.807) is 11.0 Å². The first-order chi connectivity index (χ1) is 11.7. The molecule has 0 radical (unpaired) electrons. The van der Waals surface area contributed by atoms with Crippen molar-refractivity contribution in [3.63, 3.8) is 0 Å². The Morgan fingerprint density at radius 3 is 2.46 bits per heavy atom. The van der Waals surface area contributed by atoms with Crippen LogP contribution in [0.3, 0.4) is 0 Å². The lowest BCUT2D eigenvalue weighted by molar-refractivity contribution is -0.122. The van der Waals surface area contributed by atoms with Crippen molar-refractivity contribution < 1.29 is 9.53 Å². The topological polar surface area (TPSA) is 41.6 Å². The minimum absolute atomic E-state index is 0.0908. The molecular weight excluding hydrogens is 320 g/mol. The summed E-state index contributed by atoms with van der Waals surface area (Å²) in [6, 6.07) is 17.6. The second-order valence-corrected chi connectivity index (χ2v) is 5.77. The second kappa shape index (κ2) is 7.27. The third-order valence-corrected chi connectivity index (χ3v) is 4.04. The highest BCUT2D eigenvalue weighted by molar-refractivity contribution is 7.80. The molecule has 2 aromatic carbocycles. The Bertz CT molecular complexity index is 770. The van der Waals surface area contributed by atoms with Gasteiger partial charge in [0.05, 0.1) is 0 Å². The summed E-state index contributed by atoms with van der Waals surface area (Å²) >= 11 is 5.14. The lowest BCUT2D eigenvalue weighted by Gasteiger charge is -2.08. The largest absolute Gasteiger partial charge is 0.489 e. The molecule has 0 unspecified atom stereocenters. The molecule has 1 saturated heterocycles. The molecule has 122 valence electrons. The van der Waals surface area contributed by atoms with Crippen molar-refractivity contribution in [1.82, 2.24) is 10.2 Å². The van der Waals surface area contributed by atoms with E-state index in [1.165, 1.54) is 0 Å². The molecule has 1 fully saturated rings. The Hall–Kier alpha value is -2.66. The lowest BCUT2D eigenvalue weighted by Crippen LogP contribution is -2.30. The van der Waals surface area contributed by atoms with E-state index in [0.717, 1.165) is 16.9 Å². The van der Waals surface area contributed by atoms with Crippen LogP contribution in [-0.4, -0.2) is 22.5 Å². The molecule has 1 aliphatic heterocycles. The maximum Gasteiger partial charge on any atom is 0.276 e. The van der Waals surface area contributed by atoms with E-state index < -0.39 is 0 Å². The number of rotatable bonds is 5. The Kier molecular flexibility index (Phi) is 4.91. The zero-order chi connectivity index (χ0) is 16.9. The molecule has 24 heavy (non-hydrogen) atoms. The number of hydrogen-bond acceptors (Lipinski definition) is 3. The molecule has 3 rings (SSSR count). The normalized spacial score (nSPS) is 15.7. The van der Waals surface area contributed by atoms with Gasteiger partial charge in [0, 0.05) is 6.54 Å². The molecule has 0 aromatic heterocycles. The molecule has 0 spiro atoms. The van der Waals surface area contributed by atoms with Gasteiger partial charge in [0.25, 0.3) is 5.91 Å². The molecule has 0 aliphatic carbocycles. The fourth-order valence-electron chi connectivity index (χ4n) is 2.43. The molecule has 2 aromatic rings. The highest BCUT2D eigenvalue weighted by Gasteiger charge is 2.28. The van der Waals surface area contributed by atoms with Crippen molar-refractivity contribution >= 4 is 29.3 Å². The van der Waals surface area contributed by atoms with Gasteiger partial charge in [-0.3, -0.25) is 9.69 Å². The molecule has 1 aliphatic rings. The summed E-state index contributed by atoms with van der Waals surface area (Å²) in [5.41, 5.74) is 2.54. The van der Waals surface area contributed by atoms with E-state index in [2.05, 4.69) is 5.32 Å². The van der Waals surface area contributed by atoms with Gasteiger partial charge < -0.3 is 10.1 Å². The smallest absolute Gasteiger partial charge is 0.276 e. The molecule has 1 N–H and O–H groups in total. The summed E-state index contributed by atoms with van der Waals surface area (Å²) in [5, 5.41) is 3.41. The number of benzene rings is 2. The van der Waals surface area contributed by atoms with E-state index in [9.17, 15) is 4.79 Å². The van der Waals surface area contributed by atoms with Crippen LogP contribution in [0, 0.1) is 0 Å². The van der Waals surface area contributed by atoms with Gasteiger partial charge in [0.15, 0.2) is 5.11 Å². The van der Waals surface area contributed by atoms with E-state index in [-0.39, 0.29) is 5.91 Å². The van der Waals surface area contributed by atoms with Crippen LogP contribution in [0.4, 0.5) is 0 Å². The standard InChI is InChI=1S/C19H18N2O2S/c1-2-21-18(22)17(20-19(21)24)12-14-8-10-16(11-9-14)23-13-15-6-4-3-5-7-15/h3-12H,2,13H2,1H3,(H,20,24)/b17-12-. The molecule has 5 heteroatoms. The highest BCUT2D eigenvalue weighted by Crippen LogP contribution is 2.18. The number of amides is 1. The number of carbonyl (C=O) groups is 1. The minimum atomic E-state index is -0.0908. The monoisotopic (exact) mass is 338 g/mol. The van der Waals surface area contributed by atoms with Crippen molar-refractivity contribution in [1.29, 1.82) is 0 Å². The van der Waals surface area contributed by atoms with E-state index in [4.69, 9.17) is 17.0 Å². The fraction of sp³-hybridized carbons (Fsp3) is 0.158. The van der Waals surface area contributed by atoms with Gasteiger partial charge in [-0.15, -0.1) is 0 Å². The molecule has 1 amide bonds. The predicted octanol–water partition coefficient (Wildman–Crippen LogP) is 3.34. The first-order valence-corrected chi connectivity index (χ1v) is 8.19. The summed E-state index contributed by atoms with van der Waals surface area (Å²) in [4.78, 5) is 13.7. The molecule has 4 nitrogen and oxygen atoms in total. The number of nitrogens with one attached hydrogen (secondary N) is 1. The number of likely N-dealkylation sites (N-methyl/N-ethyl adjacent to an activating group) is 1. The van der Waals surface area contributed by atoms with Crippen LogP contribution in [0.2, 0.25) is 0 Å². The molecule has 1 heterocycles. The highest BCUT2D eigenvalue weighted by atomic mass is 32.1. The van der Waals surface area contributed by atoms with Crippen molar-refractivity contribution in [2.75, 3.05) is 6.54 Å². The van der Waals surface area contributed by atoms with Gasteiger partial charge in [-0.1, -0.05) is 42.5 Å². The van der Waals surface area contributed by atoms with Gasteiger partial charge in [0.1, 0.15) is 18.1 Å². The maximum absolute atomic E-state index is 12.2. The van der Waals surface area contributed by atoms with Crippen LogP contribution >= 0.6 is 12.2 Å². The number of thiocarbonyl (C=S) groups is 1. The Labute approximate surface area is 146 Å². The van der Waals surface area contributed by atoms with E-state index >= 15 is 0 Å². The van der Waals surface area contributed by atoms with Gasteiger partial charge in [-0.05, 0) is 48.5 Å². The minimum Gasteiger partial charge on any atom is -0.489 e. The van der Waals surface area contributed by atoms with Gasteiger partial charge in [-0.2, -0.15) is 0 Å². The van der Waals surface area contributed by atoms with Crippen LogP contribution in [-0.2, 0) is 11.4 Å². The summed E-state index contributed by atoms with van der Waals surface area (Å²) in [6.07, 6.45) is 1.80. The Balaban J connectivity index is 1.66. The average Bonchev–Trinajstić information content (AvgIpc) is 2.88. The van der Waals surface area contributed by atoms with Crippen LogP contribution < -0.4 is 10.1 Å². The van der Waals surface area contributed by atoms with Crippen LogP contribution in [0.1, 0.15) is 18.1 Å². The Morgan fingerprint density at radius 1 is 1.12 bits per heavy atom. The molecule has 0 saturated carbocycles. The van der Waals surface area contributed by atoms with E-state index in [1.807, 2.05) is 61.5 Å². The summed E-state index contributed by atoms with van der Waals surface area (Å²) in [6.45, 7) is 2.99. The Morgan fingerprint density at radius 2 is 1.83 bits per heavy atom. The number of hydrogen-bond donors (Lipinski definition) is 1. The lowest BCUT2D eigenvalue weighted by atomic mass is 10.2. The third kappa shape index (κ3) is 3.63. The first kappa shape index (κ1) is 16.2. The average molecular weight is 338 g/mol. The van der Waals surface area contributed by atoms with Crippen LogP contribution in [0.15, 0.2) is 60.3 Å². The zero-order valence-corrected chi connectivity index (χ0v) is 14.2. The number of nitrogens with zero attached hydrogens (tertiary/aromatic N) is 1. The van der Waals surface area contributed by atoms with Crippen molar-refractivity contribution in [2.24, 2.45) is 0 Å². The van der Waals surface area contributed by atoms with Gasteiger partial charge >= 0.3 is 0 Å². The molecule has 0 atom stereocenters. The number of carbonyl (C=O) groups excluding carboxylic acids is 1.